The number of rotatable bonds is 0. The average Bonchev–Trinajstić information content (AvgIpc) is 3.09. The van der Waals surface area contributed by atoms with Gasteiger partial charge in [0.2, 0.25) is 10.0 Å². The Morgan fingerprint density at radius 1 is 1.10 bits per heavy atom. The number of aliphatic hydroxyl groups excluding tert-OH is 1. The molecule has 2 aromatic rings. The van der Waals surface area contributed by atoms with Crippen LogP contribution in [0.4, 0.5) is 5.69 Å². The van der Waals surface area contributed by atoms with Crippen LogP contribution >= 0.6 is 11.6 Å². The molecule has 7 atom stereocenters. The largest absolute Gasteiger partial charge is 0.490 e. The lowest BCUT2D eigenvalue weighted by Crippen LogP contribution is -2.49. The molecule has 2 aliphatic carbocycles. The summed E-state index contributed by atoms with van der Waals surface area (Å²) >= 11 is 6.39. The highest BCUT2D eigenvalue weighted by Gasteiger charge is 2.44. The molecule has 9 heteroatoms. The molecule has 0 aromatic heterocycles. The predicted octanol–water partition coefficient (Wildman–Crippen LogP) is 5.49. The van der Waals surface area contributed by atoms with Crippen molar-refractivity contribution in [3.63, 3.8) is 0 Å². The summed E-state index contributed by atoms with van der Waals surface area (Å²) in [5.41, 5.74) is 3.32. The van der Waals surface area contributed by atoms with Crippen molar-refractivity contribution in [2.24, 2.45) is 23.7 Å². The third kappa shape index (κ3) is 5.35. The smallest absolute Gasteiger partial charge is 0.264 e. The molecule has 2 heterocycles. The molecule has 2 aliphatic heterocycles. The molecule has 1 amide bonds. The van der Waals surface area contributed by atoms with E-state index in [1.165, 1.54) is 11.1 Å². The number of allylic oxidation sites excluding steroid dienone is 1. The van der Waals surface area contributed by atoms with E-state index in [0.29, 0.717) is 25.4 Å². The van der Waals surface area contributed by atoms with Crippen molar-refractivity contribution in [2.75, 3.05) is 24.6 Å². The number of sulfonamides is 1. The average molecular weight is 613 g/mol. The number of carbonyl (C=O) groups is 1. The van der Waals surface area contributed by atoms with E-state index >= 15 is 0 Å². The lowest BCUT2D eigenvalue weighted by molar-refractivity contribution is 0.0454. The molecule has 6 rings (SSSR count). The van der Waals surface area contributed by atoms with Crippen LogP contribution in [0.2, 0.25) is 5.02 Å². The number of hydrogen-bond donors (Lipinski definition) is 2. The number of anilines is 1. The number of hydrogen-bond acceptors (Lipinski definition) is 6. The van der Waals surface area contributed by atoms with E-state index in [0.717, 1.165) is 42.8 Å². The molecule has 42 heavy (non-hydrogen) atoms. The first-order valence-electron chi connectivity index (χ1n) is 15.2. The van der Waals surface area contributed by atoms with E-state index in [2.05, 4.69) is 21.8 Å². The van der Waals surface area contributed by atoms with Crippen LogP contribution in [0, 0.1) is 23.7 Å². The van der Waals surface area contributed by atoms with Crippen molar-refractivity contribution < 1.29 is 23.1 Å². The summed E-state index contributed by atoms with van der Waals surface area (Å²) in [6, 6.07) is 11.4. The Kier molecular flexibility index (Phi) is 7.86. The molecule has 1 fully saturated rings. The molecule has 2 bridgehead atoms. The van der Waals surface area contributed by atoms with E-state index < -0.39 is 27.3 Å². The Morgan fingerprint density at radius 2 is 1.90 bits per heavy atom. The number of amides is 1. The maximum atomic E-state index is 13.4. The molecular formula is C33H41ClN2O5S. The Hall–Kier alpha value is -2.55. The van der Waals surface area contributed by atoms with Crippen molar-refractivity contribution in [1.29, 1.82) is 0 Å². The van der Waals surface area contributed by atoms with Gasteiger partial charge in [0.05, 0.1) is 23.6 Å². The third-order valence-electron chi connectivity index (χ3n) is 10.6. The molecule has 0 radical (unpaired) electrons. The quantitative estimate of drug-likeness (QED) is 0.382. The molecule has 226 valence electrons. The minimum atomic E-state index is -3.94. The lowest BCUT2D eigenvalue weighted by Gasteiger charge is -2.45. The van der Waals surface area contributed by atoms with E-state index in [-0.39, 0.29) is 34.7 Å². The lowest BCUT2D eigenvalue weighted by atomic mass is 9.68. The van der Waals surface area contributed by atoms with Gasteiger partial charge in [0, 0.05) is 29.1 Å². The summed E-state index contributed by atoms with van der Waals surface area (Å²) in [6.07, 6.45) is 8.11. The number of aryl methyl sites for hydroxylation is 1. The van der Waals surface area contributed by atoms with Gasteiger partial charge in [-0.3, -0.25) is 4.79 Å². The van der Waals surface area contributed by atoms with Gasteiger partial charge in [-0.2, -0.15) is 0 Å². The normalized spacial score (nSPS) is 35.1. The Morgan fingerprint density at radius 3 is 2.67 bits per heavy atom. The fraction of sp³-hybridized carbons (Fsp3) is 0.545. The highest BCUT2D eigenvalue weighted by Crippen LogP contribution is 2.46. The molecule has 0 unspecified atom stereocenters. The Bertz CT molecular complexity index is 1510. The van der Waals surface area contributed by atoms with Crippen molar-refractivity contribution >= 4 is 33.2 Å². The van der Waals surface area contributed by atoms with Gasteiger partial charge >= 0.3 is 0 Å². The number of nitrogens with one attached hydrogen (secondary N) is 1. The zero-order valence-electron chi connectivity index (χ0n) is 24.6. The van der Waals surface area contributed by atoms with Crippen LogP contribution in [0.1, 0.15) is 67.9 Å². The van der Waals surface area contributed by atoms with E-state index in [1.807, 2.05) is 32.1 Å². The Labute approximate surface area is 254 Å². The SMILES string of the molecule is C[C@H]1[C@H](C)/C=C/[C@H](O)[C@@H]2CC[C@H]2CN2C[C@@]3(CCCc4cc(Cl)ccc43)COc3ccc(cc32)C(=O)NS(=O)(=O)[C@@H]1C. The predicted molar refractivity (Wildman–Crippen MR) is 166 cm³/mol. The maximum Gasteiger partial charge on any atom is 0.264 e. The first-order chi connectivity index (χ1) is 20.0. The number of benzene rings is 2. The monoisotopic (exact) mass is 612 g/mol. The molecule has 4 aliphatic rings. The molecular weight excluding hydrogens is 572 g/mol. The van der Waals surface area contributed by atoms with E-state index in [4.69, 9.17) is 16.3 Å². The molecule has 1 spiro atoms. The van der Waals surface area contributed by atoms with Gasteiger partial charge in [0.1, 0.15) is 5.75 Å². The van der Waals surface area contributed by atoms with Crippen LogP contribution in [0.3, 0.4) is 0 Å². The first kappa shape index (κ1) is 29.5. The van der Waals surface area contributed by atoms with Gasteiger partial charge in [0.25, 0.3) is 5.91 Å². The van der Waals surface area contributed by atoms with Gasteiger partial charge < -0.3 is 14.7 Å². The molecule has 2 aromatic carbocycles. The molecule has 1 saturated carbocycles. The minimum absolute atomic E-state index is 0.0962. The summed E-state index contributed by atoms with van der Waals surface area (Å²) in [4.78, 5) is 15.7. The fourth-order valence-corrected chi connectivity index (χ4v) is 8.98. The van der Waals surface area contributed by atoms with Crippen molar-refractivity contribution in [3.05, 3.63) is 70.3 Å². The molecule has 2 N–H and O–H groups in total. The van der Waals surface area contributed by atoms with Gasteiger partial charge in [-0.1, -0.05) is 43.7 Å². The van der Waals surface area contributed by atoms with Crippen LogP contribution < -0.4 is 14.4 Å². The summed E-state index contributed by atoms with van der Waals surface area (Å²) in [6.45, 7) is 7.36. The number of halogens is 1. The highest BCUT2D eigenvalue weighted by atomic mass is 35.5. The van der Waals surface area contributed by atoms with Crippen molar-refractivity contribution in [1.82, 2.24) is 4.72 Å². The number of aliphatic hydroxyl groups is 1. The zero-order chi connectivity index (χ0) is 29.8. The number of carbonyl (C=O) groups excluding carboxylic acids is 1. The van der Waals surface area contributed by atoms with Gasteiger partial charge in [-0.25, -0.2) is 13.1 Å². The summed E-state index contributed by atoms with van der Waals surface area (Å²) in [5, 5.41) is 11.1. The van der Waals surface area contributed by atoms with Gasteiger partial charge in [-0.15, -0.1) is 0 Å². The van der Waals surface area contributed by atoms with Gasteiger partial charge in [0.15, 0.2) is 0 Å². The first-order valence-corrected chi connectivity index (χ1v) is 17.1. The fourth-order valence-electron chi connectivity index (χ4n) is 7.41. The molecule has 7 nitrogen and oxygen atoms in total. The summed E-state index contributed by atoms with van der Waals surface area (Å²) in [5.74, 6) is 0.0790. The van der Waals surface area contributed by atoms with E-state index in [1.54, 1.807) is 25.1 Å². The number of nitrogens with zero attached hydrogens (tertiary/aromatic N) is 1. The van der Waals surface area contributed by atoms with Crippen LogP contribution in [0.15, 0.2) is 48.6 Å². The van der Waals surface area contributed by atoms with Crippen molar-refractivity contribution in [2.45, 2.75) is 69.6 Å². The van der Waals surface area contributed by atoms with Crippen LogP contribution in [0.25, 0.3) is 0 Å². The van der Waals surface area contributed by atoms with Crippen molar-refractivity contribution in [3.8, 4) is 5.75 Å². The maximum absolute atomic E-state index is 13.4. The number of ether oxygens (including phenoxy) is 1. The topological polar surface area (TPSA) is 95.9 Å². The second-order valence-electron chi connectivity index (χ2n) is 13.1. The zero-order valence-corrected chi connectivity index (χ0v) is 26.1. The van der Waals surface area contributed by atoms with E-state index in [9.17, 15) is 18.3 Å². The third-order valence-corrected chi connectivity index (χ3v) is 12.7. The Balaban J connectivity index is 1.43. The summed E-state index contributed by atoms with van der Waals surface area (Å²) in [7, 11) is -3.94. The van der Waals surface area contributed by atoms with Crippen LogP contribution in [0.5, 0.6) is 5.75 Å². The van der Waals surface area contributed by atoms with Gasteiger partial charge in [-0.05, 0) is 104 Å². The second-order valence-corrected chi connectivity index (χ2v) is 15.5. The van der Waals surface area contributed by atoms with Crippen LogP contribution in [-0.4, -0.2) is 50.5 Å². The highest BCUT2D eigenvalue weighted by molar-refractivity contribution is 7.90. The number of fused-ring (bicyclic) bond motifs is 4. The second kappa shape index (κ2) is 11.2. The minimum Gasteiger partial charge on any atom is -0.490 e. The molecule has 0 saturated heterocycles. The standard InChI is InChI=1S/C33H41ClN2O5S/c1-20-6-12-30(37)27-10-7-25(27)17-36-18-33(14-4-5-23-15-26(34)9-11-28(23)33)19-41-31-13-8-24(16-29(31)36)32(38)35-42(39,40)22(3)21(20)2/h6,8-9,11-13,15-16,20-22,25,27,30,37H,4-5,7,10,14,17-19H2,1-3H3,(H,35,38)/b12-6+/t20-,21+,22-,25+,27-,30+,33+/m1/s1. The summed E-state index contributed by atoms with van der Waals surface area (Å²) < 4.78 is 35.4. The van der Waals surface area contributed by atoms with Crippen LogP contribution in [-0.2, 0) is 21.9 Å².